The number of carbonyl (C=O) groups is 1. The fourth-order valence-corrected chi connectivity index (χ4v) is 3.76. The third-order valence-electron chi connectivity index (χ3n) is 2.21. The van der Waals surface area contributed by atoms with Gasteiger partial charge in [0.2, 0.25) is 5.91 Å². The van der Waals surface area contributed by atoms with E-state index in [0.29, 0.717) is 6.54 Å². The van der Waals surface area contributed by atoms with Crippen molar-refractivity contribution in [1.29, 1.82) is 0 Å². The zero-order valence-corrected chi connectivity index (χ0v) is 14.2. The normalized spacial score (nSPS) is 12.3. The first-order valence-electron chi connectivity index (χ1n) is 5.05. The summed E-state index contributed by atoms with van der Waals surface area (Å²) in [4.78, 5) is 11.9. The highest BCUT2D eigenvalue weighted by atomic mass is 79.9. The fraction of sp³-hybridized carbons (Fsp3) is 0.364. The van der Waals surface area contributed by atoms with Crippen LogP contribution < -0.4 is 10.6 Å². The molecule has 0 saturated heterocycles. The molecule has 0 aliphatic heterocycles. The van der Waals surface area contributed by atoms with Crippen molar-refractivity contribution in [2.24, 2.45) is 5.92 Å². The lowest BCUT2D eigenvalue weighted by molar-refractivity contribution is -0.119. The van der Waals surface area contributed by atoms with Crippen LogP contribution >= 0.6 is 47.8 Å². The van der Waals surface area contributed by atoms with Gasteiger partial charge in [0.25, 0.3) is 0 Å². The van der Waals surface area contributed by atoms with Crippen LogP contribution in [0.1, 0.15) is 6.92 Å². The van der Waals surface area contributed by atoms with Gasteiger partial charge in [-0.2, -0.15) is 0 Å². The van der Waals surface area contributed by atoms with Crippen LogP contribution in [-0.2, 0) is 4.79 Å². The summed E-state index contributed by atoms with van der Waals surface area (Å²) in [5.41, 5.74) is 0.751. The highest BCUT2D eigenvalue weighted by Gasteiger charge is 2.15. The highest BCUT2D eigenvalue weighted by Crippen LogP contribution is 2.34. The van der Waals surface area contributed by atoms with Crippen molar-refractivity contribution in [3.63, 3.8) is 0 Å². The van der Waals surface area contributed by atoms with Crippen molar-refractivity contribution >= 4 is 59.4 Å². The van der Waals surface area contributed by atoms with Gasteiger partial charge in [0.15, 0.2) is 0 Å². The number of benzene rings is 1. The molecule has 0 heterocycles. The van der Waals surface area contributed by atoms with Gasteiger partial charge < -0.3 is 10.6 Å². The van der Waals surface area contributed by atoms with E-state index in [-0.39, 0.29) is 11.8 Å². The number of anilines is 1. The van der Waals surface area contributed by atoms with E-state index in [9.17, 15) is 4.79 Å². The summed E-state index contributed by atoms with van der Waals surface area (Å²) in [6.45, 7) is 2.53. The van der Waals surface area contributed by atoms with Crippen LogP contribution in [0.4, 0.5) is 5.69 Å². The van der Waals surface area contributed by atoms with Gasteiger partial charge in [-0.05, 0) is 51.0 Å². The third kappa shape index (κ3) is 4.35. The third-order valence-corrected chi connectivity index (χ3v) is 3.92. The van der Waals surface area contributed by atoms with Crippen LogP contribution in [0.3, 0.4) is 0 Å². The van der Waals surface area contributed by atoms with E-state index in [2.05, 4.69) is 58.4 Å². The molecule has 0 aromatic heterocycles. The van der Waals surface area contributed by atoms with Gasteiger partial charge in [-0.1, -0.05) is 22.9 Å². The van der Waals surface area contributed by atoms with E-state index in [1.54, 1.807) is 0 Å². The second kappa shape index (κ2) is 6.87. The maximum Gasteiger partial charge on any atom is 0.228 e. The Morgan fingerprint density at radius 1 is 1.29 bits per heavy atom. The van der Waals surface area contributed by atoms with Crippen molar-refractivity contribution in [3.05, 3.63) is 25.6 Å². The summed E-state index contributed by atoms with van der Waals surface area (Å²) in [7, 11) is 1.83. The molecule has 0 fully saturated rings. The molecule has 1 aromatic rings. The van der Waals surface area contributed by atoms with Crippen LogP contribution in [0.25, 0.3) is 0 Å². The van der Waals surface area contributed by atoms with Gasteiger partial charge >= 0.3 is 0 Å². The lowest BCUT2D eigenvalue weighted by Crippen LogP contribution is -2.28. The SMILES string of the molecule is CNCC(C)C(=O)Nc1c(Br)cc(Br)cc1Br. The summed E-state index contributed by atoms with van der Waals surface area (Å²) >= 11 is 10.2. The Labute approximate surface area is 126 Å². The first-order valence-corrected chi connectivity index (χ1v) is 7.43. The monoisotopic (exact) mass is 426 g/mol. The molecule has 1 atom stereocenters. The minimum Gasteiger partial charge on any atom is -0.324 e. The second-order valence-corrected chi connectivity index (χ2v) is 6.32. The van der Waals surface area contributed by atoms with Crippen LogP contribution in [0.2, 0.25) is 0 Å². The minimum absolute atomic E-state index is 0.0110. The molecule has 0 bridgehead atoms. The molecule has 0 spiro atoms. The van der Waals surface area contributed by atoms with Crippen molar-refractivity contribution in [2.45, 2.75) is 6.92 Å². The first kappa shape index (κ1) is 15.1. The molecule has 3 nitrogen and oxygen atoms in total. The zero-order chi connectivity index (χ0) is 13.0. The molecular weight excluding hydrogens is 416 g/mol. The Bertz CT molecular complexity index is 400. The number of halogens is 3. The molecule has 94 valence electrons. The van der Waals surface area contributed by atoms with Gasteiger partial charge in [-0.15, -0.1) is 0 Å². The zero-order valence-electron chi connectivity index (χ0n) is 9.48. The molecule has 1 rings (SSSR count). The molecule has 1 amide bonds. The van der Waals surface area contributed by atoms with Crippen molar-refractivity contribution in [2.75, 3.05) is 18.9 Å². The maximum absolute atomic E-state index is 11.9. The smallest absolute Gasteiger partial charge is 0.228 e. The molecule has 0 saturated carbocycles. The molecule has 6 heteroatoms. The Morgan fingerprint density at radius 2 is 1.82 bits per heavy atom. The predicted molar refractivity (Wildman–Crippen MR) is 81.3 cm³/mol. The molecule has 17 heavy (non-hydrogen) atoms. The lowest BCUT2D eigenvalue weighted by Gasteiger charge is -2.14. The van der Waals surface area contributed by atoms with Crippen LogP contribution in [0, 0.1) is 5.92 Å². The number of rotatable bonds is 4. The Hall–Kier alpha value is 0.0900. The van der Waals surface area contributed by atoms with E-state index >= 15 is 0 Å². The van der Waals surface area contributed by atoms with Crippen LogP contribution in [0.15, 0.2) is 25.6 Å². The maximum atomic E-state index is 11.9. The Morgan fingerprint density at radius 3 is 2.29 bits per heavy atom. The van der Waals surface area contributed by atoms with Crippen LogP contribution in [-0.4, -0.2) is 19.5 Å². The molecule has 0 aliphatic rings. The number of amides is 1. The van der Waals surface area contributed by atoms with Gasteiger partial charge in [0.1, 0.15) is 0 Å². The van der Waals surface area contributed by atoms with Crippen molar-refractivity contribution in [1.82, 2.24) is 5.32 Å². The summed E-state index contributed by atoms with van der Waals surface area (Å²) in [6, 6.07) is 3.78. The van der Waals surface area contributed by atoms with E-state index in [0.717, 1.165) is 19.1 Å². The van der Waals surface area contributed by atoms with E-state index < -0.39 is 0 Å². The first-order chi connectivity index (χ1) is 7.95. The average molecular weight is 429 g/mol. The molecular formula is C11H13Br3N2O. The van der Waals surface area contributed by atoms with E-state index in [4.69, 9.17) is 0 Å². The van der Waals surface area contributed by atoms with E-state index in [1.165, 1.54) is 0 Å². The summed E-state index contributed by atoms with van der Waals surface area (Å²) in [5.74, 6) is -0.0921. The summed E-state index contributed by atoms with van der Waals surface area (Å²) in [6.07, 6.45) is 0. The number of nitrogens with one attached hydrogen (secondary N) is 2. The van der Waals surface area contributed by atoms with Crippen molar-refractivity contribution in [3.8, 4) is 0 Å². The molecule has 0 radical (unpaired) electrons. The van der Waals surface area contributed by atoms with Gasteiger partial charge in [0, 0.05) is 25.9 Å². The molecule has 2 N–H and O–H groups in total. The largest absolute Gasteiger partial charge is 0.324 e. The quantitative estimate of drug-likeness (QED) is 0.766. The average Bonchev–Trinajstić information content (AvgIpc) is 2.23. The highest BCUT2D eigenvalue weighted by molar-refractivity contribution is 9.11. The fourth-order valence-electron chi connectivity index (χ4n) is 1.31. The van der Waals surface area contributed by atoms with Crippen LogP contribution in [0.5, 0.6) is 0 Å². The number of carbonyl (C=O) groups excluding carboxylic acids is 1. The summed E-state index contributed by atoms with van der Waals surface area (Å²) in [5, 5.41) is 5.88. The number of hydrogen-bond donors (Lipinski definition) is 2. The van der Waals surface area contributed by atoms with Gasteiger partial charge in [0.05, 0.1) is 5.69 Å². The minimum atomic E-state index is -0.0811. The van der Waals surface area contributed by atoms with E-state index in [1.807, 2.05) is 26.1 Å². The predicted octanol–water partition coefficient (Wildman–Crippen LogP) is 3.77. The standard InChI is InChI=1S/C11H13Br3N2O/c1-6(5-15-2)11(17)16-10-8(13)3-7(12)4-9(10)14/h3-4,6,15H,5H2,1-2H3,(H,16,17). The van der Waals surface area contributed by atoms with Gasteiger partial charge in [-0.25, -0.2) is 0 Å². The molecule has 0 aliphatic carbocycles. The Kier molecular flexibility index (Phi) is 6.12. The Balaban J connectivity index is 2.85. The van der Waals surface area contributed by atoms with Crippen molar-refractivity contribution < 1.29 is 4.79 Å². The molecule has 1 unspecified atom stereocenters. The lowest BCUT2D eigenvalue weighted by atomic mass is 10.1. The topological polar surface area (TPSA) is 41.1 Å². The second-order valence-electron chi connectivity index (χ2n) is 3.69. The number of hydrogen-bond acceptors (Lipinski definition) is 2. The summed E-state index contributed by atoms with van der Waals surface area (Å²) < 4.78 is 2.62. The molecule has 1 aromatic carbocycles. The van der Waals surface area contributed by atoms with Gasteiger partial charge in [-0.3, -0.25) is 4.79 Å².